The Bertz CT molecular complexity index is 720. The molecule has 1 atom stereocenters. The first kappa shape index (κ1) is 20.5. The van der Waals surface area contributed by atoms with Gasteiger partial charge in [0.1, 0.15) is 18.2 Å². The maximum absolute atomic E-state index is 12.5. The van der Waals surface area contributed by atoms with Gasteiger partial charge >= 0.3 is 18.0 Å². The van der Waals surface area contributed by atoms with Gasteiger partial charge in [-0.3, -0.25) is 4.90 Å². The number of rotatable bonds is 4. The topological polar surface area (TPSA) is 82.1 Å². The van der Waals surface area contributed by atoms with Crippen molar-refractivity contribution < 1.29 is 28.6 Å². The zero-order valence-electron chi connectivity index (χ0n) is 16.1. The highest BCUT2D eigenvalue weighted by Crippen LogP contribution is 2.25. The summed E-state index contributed by atoms with van der Waals surface area (Å²) in [5.74, 6) is -1.07. The summed E-state index contributed by atoms with van der Waals surface area (Å²) < 4.78 is 15.3. The van der Waals surface area contributed by atoms with Crippen LogP contribution in [0.4, 0.5) is 4.79 Å². The number of hydrogen-bond donors (Lipinski definition) is 0. The van der Waals surface area contributed by atoms with Gasteiger partial charge in [0.2, 0.25) is 0 Å². The molecule has 1 saturated heterocycles. The molecule has 2 rings (SSSR count). The van der Waals surface area contributed by atoms with Crippen LogP contribution in [-0.2, 0) is 30.4 Å². The minimum atomic E-state index is -0.827. The molecule has 146 valence electrons. The molecule has 27 heavy (non-hydrogen) atoms. The Balaban J connectivity index is 2.07. The Morgan fingerprint density at radius 3 is 2.44 bits per heavy atom. The summed E-state index contributed by atoms with van der Waals surface area (Å²) >= 11 is 0. The minimum absolute atomic E-state index is 0.0924. The fourth-order valence-electron chi connectivity index (χ4n) is 2.70. The summed E-state index contributed by atoms with van der Waals surface area (Å²) in [6.07, 6.45) is 0.889. The fourth-order valence-corrected chi connectivity index (χ4v) is 2.70. The second kappa shape index (κ2) is 8.70. The molecule has 0 aliphatic carbocycles. The highest BCUT2D eigenvalue weighted by atomic mass is 16.6. The highest BCUT2D eigenvalue weighted by Gasteiger charge is 2.39. The van der Waals surface area contributed by atoms with Crippen LogP contribution in [0.2, 0.25) is 0 Å². The predicted molar refractivity (Wildman–Crippen MR) is 97.7 cm³/mol. The number of ether oxygens (including phenoxy) is 3. The number of carbonyl (C=O) groups is 3. The first-order valence-electron chi connectivity index (χ1n) is 8.67. The molecule has 0 aromatic heterocycles. The van der Waals surface area contributed by atoms with Crippen molar-refractivity contribution in [3.05, 3.63) is 47.5 Å². The van der Waals surface area contributed by atoms with Crippen molar-refractivity contribution in [1.82, 2.24) is 4.90 Å². The molecule has 0 bridgehead atoms. The molecule has 0 spiro atoms. The molecule has 1 aliphatic heterocycles. The summed E-state index contributed by atoms with van der Waals surface area (Å²) in [7, 11) is 1.26. The van der Waals surface area contributed by atoms with Gasteiger partial charge in [-0.2, -0.15) is 0 Å². The molecule has 1 unspecified atom stereocenters. The lowest BCUT2D eigenvalue weighted by Gasteiger charge is -2.21. The van der Waals surface area contributed by atoms with E-state index in [1.54, 1.807) is 20.8 Å². The van der Waals surface area contributed by atoms with Gasteiger partial charge in [-0.15, -0.1) is 0 Å². The Labute approximate surface area is 158 Å². The second-order valence-electron chi connectivity index (χ2n) is 7.25. The maximum atomic E-state index is 12.5. The van der Waals surface area contributed by atoms with Crippen molar-refractivity contribution in [1.29, 1.82) is 0 Å². The predicted octanol–water partition coefficient (Wildman–Crippen LogP) is 2.84. The second-order valence-corrected chi connectivity index (χ2v) is 7.25. The van der Waals surface area contributed by atoms with Gasteiger partial charge in [-0.25, -0.2) is 14.4 Å². The first-order chi connectivity index (χ1) is 12.7. The SMILES string of the molecule is COC(=O)C1C/C(=C/C(=O)OC(C)(C)C)CN1C(=O)OCc1ccccc1. The normalized spacial score (nSPS) is 18.3. The lowest BCUT2D eigenvalue weighted by molar-refractivity contribution is -0.148. The summed E-state index contributed by atoms with van der Waals surface area (Å²) in [5.41, 5.74) is 0.823. The van der Waals surface area contributed by atoms with E-state index in [9.17, 15) is 14.4 Å². The number of carbonyl (C=O) groups excluding carboxylic acids is 3. The van der Waals surface area contributed by atoms with Crippen molar-refractivity contribution in [2.75, 3.05) is 13.7 Å². The Kier molecular flexibility index (Phi) is 6.60. The molecule has 7 nitrogen and oxygen atoms in total. The molecular formula is C20H25NO6. The van der Waals surface area contributed by atoms with E-state index in [1.807, 2.05) is 30.3 Å². The summed E-state index contributed by atoms with van der Waals surface area (Å²) in [6, 6.07) is 8.40. The van der Waals surface area contributed by atoms with Crippen LogP contribution in [0.5, 0.6) is 0 Å². The monoisotopic (exact) mass is 375 g/mol. The highest BCUT2D eigenvalue weighted by molar-refractivity contribution is 5.86. The molecule has 1 aliphatic rings. The number of benzene rings is 1. The zero-order valence-corrected chi connectivity index (χ0v) is 16.1. The summed E-state index contributed by atoms with van der Waals surface area (Å²) in [4.78, 5) is 37.8. The van der Waals surface area contributed by atoms with E-state index in [0.717, 1.165) is 5.56 Å². The molecular weight excluding hydrogens is 350 g/mol. The van der Waals surface area contributed by atoms with E-state index in [2.05, 4.69) is 0 Å². The van der Waals surface area contributed by atoms with Crippen LogP contribution < -0.4 is 0 Å². The number of hydrogen-bond acceptors (Lipinski definition) is 6. The van der Waals surface area contributed by atoms with Crippen LogP contribution in [0, 0.1) is 0 Å². The lowest BCUT2D eigenvalue weighted by Crippen LogP contribution is -2.41. The number of esters is 2. The van der Waals surface area contributed by atoms with Gasteiger partial charge < -0.3 is 14.2 Å². The number of likely N-dealkylation sites (tertiary alicyclic amines) is 1. The molecule has 0 saturated carbocycles. The third-order valence-electron chi connectivity index (χ3n) is 3.85. The first-order valence-corrected chi connectivity index (χ1v) is 8.67. The quantitative estimate of drug-likeness (QED) is 0.457. The van der Waals surface area contributed by atoms with Gasteiger partial charge in [-0.05, 0) is 31.9 Å². The number of methoxy groups -OCH3 is 1. The molecule has 1 heterocycles. The molecule has 7 heteroatoms. The average molecular weight is 375 g/mol. The maximum Gasteiger partial charge on any atom is 0.411 e. The molecule has 0 N–H and O–H groups in total. The number of amides is 1. The molecule has 1 amide bonds. The van der Waals surface area contributed by atoms with Crippen LogP contribution in [0.3, 0.4) is 0 Å². The van der Waals surface area contributed by atoms with Gasteiger partial charge in [0.25, 0.3) is 0 Å². The summed E-state index contributed by atoms with van der Waals surface area (Å²) in [5, 5.41) is 0. The van der Waals surface area contributed by atoms with Crippen molar-refractivity contribution >= 4 is 18.0 Å². The van der Waals surface area contributed by atoms with E-state index in [-0.39, 0.29) is 19.6 Å². The smallest absolute Gasteiger partial charge is 0.411 e. The van der Waals surface area contributed by atoms with Crippen LogP contribution in [0.1, 0.15) is 32.8 Å². The van der Waals surface area contributed by atoms with Crippen molar-refractivity contribution in [2.24, 2.45) is 0 Å². The Morgan fingerprint density at radius 1 is 1.19 bits per heavy atom. The van der Waals surface area contributed by atoms with Crippen LogP contribution >= 0.6 is 0 Å². The average Bonchev–Trinajstić information content (AvgIpc) is 3.02. The van der Waals surface area contributed by atoms with E-state index in [0.29, 0.717) is 5.57 Å². The fraction of sp³-hybridized carbons (Fsp3) is 0.450. The van der Waals surface area contributed by atoms with E-state index in [4.69, 9.17) is 14.2 Å². The van der Waals surface area contributed by atoms with Crippen LogP contribution in [0.15, 0.2) is 42.0 Å². The standard InChI is InChI=1S/C20H25NO6/c1-20(2,3)27-17(22)11-15-10-16(18(23)25-4)21(12-15)19(24)26-13-14-8-6-5-7-9-14/h5-9,11,16H,10,12-13H2,1-4H3/b15-11-. The largest absolute Gasteiger partial charge is 0.467 e. The lowest BCUT2D eigenvalue weighted by atomic mass is 10.1. The van der Waals surface area contributed by atoms with Crippen molar-refractivity contribution in [2.45, 2.75) is 45.4 Å². The third-order valence-corrected chi connectivity index (χ3v) is 3.85. The third kappa shape index (κ3) is 6.13. The van der Waals surface area contributed by atoms with Gasteiger partial charge in [0, 0.05) is 19.0 Å². The Hall–Kier alpha value is -2.83. The van der Waals surface area contributed by atoms with Gasteiger partial charge in [0.15, 0.2) is 0 Å². The van der Waals surface area contributed by atoms with E-state index >= 15 is 0 Å². The van der Waals surface area contributed by atoms with Crippen LogP contribution in [0.25, 0.3) is 0 Å². The zero-order chi connectivity index (χ0) is 20.0. The Morgan fingerprint density at radius 2 is 1.85 bits per heavy atom. The van der Waals surface area contributed by atoms with E-state index in [1.165, 1.54) is 18.1 Å². The van der Waals surface area contributed by atoms with Crippen molar-refractivity contribution in [3.8, 4) is 0 Å². The molecule has 1 aromatic carbocycles. The molecule has 0 radical (unpaired) electrons. The van der Waals surface area contributed by atoms with Crippen molar-refractivity contribution in [3.63, 3.8) is 0 Å². The number of nitrogens with zero attached hydrogens (tertiary/aromatic N) is 1. The molecule has 1 aromatic rings. The van der Waals surface area contributed by atoms with E-state index < -0.39 is 29.7 Å². The van der Waals surface area contributed by atoms with Crippen LogP contribution in [-0.4, -0.2) is 48.2 Å². The molecule has 1 fully saturated rings. The van der Waals surface area contributed by atoms with Gasteiger partial charge in [-0.1, -0.05) is 30.3 Å². The summed E-state index contributed by atoms with van der Waals surface area (Å²) in [6.45, 7) is 5.50. The van der Waals surface area contributed by atoms with Gasteiger partial charge in [0.05, 0.1) is 7.11 Å². The minimum Gasteiger partial charge on any atom is -0.467 e.